The number of nitrogens with two attached hydrogens (primary N) is 1. The second-order valence-electron chi connectivity index (χ2n) is 4.23. The van der Waals surface area contributed by atoms with E-state index in [9.17, 15) is 4.79 Å². The van der Waals surface area contributed by atoms with Crippen LogP contribution in [0.15, 0.2) is 24.4 Å². The number of nitrogens with zero attached hydrogens (tertiary/aromatic N) is 2. The van der Waals surface area contributed by atoms with Crippen molar-refractivity contribution in [2.24, 2.45) is 5.73 Å². The van der Waals surface area contributed by atoms with Crippen molar-refractivity contribution >= 4 is 12.0 Å². The van der Waals surface area contributed by atoms with E-state index in [0.29, 0.717) is 12.2 Å². The molecule has 0 atom stereocenters. The number of amides is 2. The Morgan fingerprint density at radius 2 is 2.26 bits per heavy atom. The molecule has 1 aromatic heterocycles. The molecule has 1 heterocycles. The van der Waals surface area contributed by atoms with Gasteiger partial charge in [0.2, 0.25) is 0 Å². The number of unbranched alkanes of at least 4 members (excludes halogenated alkanes) is 2. The maximum absolute atomic E-state index is 11.9. The molecule has 0 saturated carbocycles. The fourth-order valence-corrected chi connectivity index (χ4v) is 1.59. The molecule has 0 saturated heterocycles. The first-order chi connectivity index (χ1) is 9.15. The highest BCUT2D eigenvalue weighted by atomic mass is 16.2. The van der Waals surface area contributed by atoms with Crippen LogP contribution in [0.3, 0.4) is 0 Å². The lowest BCUT2D eigenvalue weighted by atomic mass is 10.2. The van der Waals surface area contributed by atoms with Crippen LogP contribution in [-0.4, -0.2) is 28.4 Å². The zero-order valence-electron chi connectivity index (χ0n) is 11.2. The minimum absolute atomic E-state index is 0.204. The molecule has 0 unspecified atom stereocenters. The monoisotopic (exact) mass is 263 g/mol. The Labute approximate surface area is 113 Å². The molecule has 104 valence electrons. The zero-order valence-corrected chi connectivity index (χ0v) is 11.2. The van der Waals surface area contributed by atoms with Crippen LogP contribution in [0.4, 0.5) is 4.79 Å². The van der Waals surface area contributed by atoms with Crippen molar-refractivity contribution in [2.75, 3.05) is 6.54 Å². The van der Waals surface area contributed by atoms with Crippen LogP contribution < -0.4 is 11.1 Å². The Morgan fingerprint density at radius 3 is 2.84 bits per heavy atom. The molecule has 19 heavy (non-hydrogen) atoms. The Balaban J connectivity index is 2.52. The predicted octanol–water partition coefficient (Wildman–Crippen LogP) is 1.68. The molecular weight excluding hydrogens is 242 g/mol. The SMILES string of the molecule is CCCCCNC(=O)N(Cc1ccccn1)C(=N)N. The van der Waals surface area contributed by atoms with Gasteiger partial charge in [-0.15, -0.1) is 0 Å². The average Bonchev–Trinajstić information content (AvgIpc) is 2.41. The van der Waals surface area contributed by atoms with Gasteiger partial charge in [0.05, 0.1) is 12.2 Å². The first kappa shape index (κ1) is 14.9. The van der Waals surface area contributed by atoms with Crippen molar-refractivity contribution in [2.45, 2.75) is 32.7 Å². The lowest BCUT2D eigenvalue weighted by Gasteiger charge is -2.20. The van der Waals surface area contributed by atoms with Crippen LogP contribution in [0.1, 0.15) is 31.9 Å². The predicted molar refractivity (Wildman–Crippen MR) is 74.6 cm³/mol. The molecule has 0 aliphatic heterocycles. The number of guanidine groups is 1. The van der Waals surface area contributed by atoms with Crippen molar-refractivity contribution in [3.05, 3.63) is 30.1 Å². The van der Waals surface area contributed by atoms with E-state index in [1.54, 1.807) is 18.3 Å². The van der Waals surface area contributed by atoms with Crippen LogP contribution in [-0.2, 0) is 6.54 Å². The lowest BCUT2D eigenvalue weighted by Crippen LogP contribution is -2.46. The Bertz CT molecular complexity index is 407. The molecule has 0 aromatic carbocycles. The van der Waals surface area contributed by atoms with Crippen LogP contribution in [0.25, 0.3) is 0 Å². The first-order valence-electron chi connectivity index (χ1n) is 6.44. The zero-order chi connectivity index (χ0) is 14.1. The summed E-state index contributed by atoms with van der Waals surface area (Å²) in [6, 6.07) is 5.07. The average molecular weight is 263 g/mol. The molecule has 0 fully saturated rings. The minimum Gasteiger partial charge on any atom is -0.370 e. The van der Waals surface area contributed by atoms with E-state index in [4.69, 9.17) is 11.1 Å². The van der Waals surface area contributed by atoms with Crippen LogP contribution in [0, 0.1) is 5.41 Å². The van der Waals surface area contributed by atoms with Gasteiger partial charge < -0.3 is 11.1 Å². The third-order valence-electron chi connectivity index (χ3n) is 2.64. The van der Waals surface area contributed by atoms with E-state index < -0.39 is 0 Å². The normalized spacial score (nSPS) is 9.95. The highest BCUT2D eigenvalue weighted by Crippen LogP contribution is 2.01. The van der Waals surface area contributed by atoms with Crippen molar-refractivity contribution < 1.29 is 4.79 Å². The summed E-state index contributed by atoms with van der Waals surface area (Å²) < 4.78 is 0. The number of aromatic nitrogens is 1. The second-order valence-corrected chi connectivity index (χ2v) is 4.23. The van der Waals surface area contributed by atoms with Gasteiger partial charge in [-0.05, 0) is 18.6 Å². The summed E-state index contributed by atoms with van der Waals surface area (Å²) in [7, 11) is 0. The molecule has 6 nitrogen and oxygen atoms in total. The number of hydrogen-bond acceptors (Lipinski definition) is 3. The van der Waals surface area contributed by atoms with Crippen LogP contribution in [0.2, 0.25) is 0 Å². The molecule has 0 aliphatic carbocycles. The highest BCUT2D eigenvalue weighted by molar-refractivity contribution is 5.93. The molecule has 1 aromatic rings. The topological polar surface area (TPSA) is 95.1 Å². The number of rotatable bonds is 6. The van der Waals surface area contributed by atoms with Gasteiger partial charge in [-0.25, -0.2) is 4.79 Å². The molecule has 2 amide bonds. The number of urea groups is 1. The third kappa shape index (κ3) is 5.37. The largest absolute Gasteiger partial charge is 0.370 e. The van der Waals surface area contributed by atoms with E-state index in [1.165, 1.54) is 4.90 Å². The van der Waals surface area contributed by atoms with Crippen molar-refractivity contribution in [1.29, 1.82) is 5.41 Å². The Kier molecular flexibility index (Phi) is 6.35. The number of hydrogen-bond donors (Lipinski definition) is 3. The quantitative estimate of drug-likeness (QED) is 0.414. The summed E-state index contributed by atoms with van der Waals surface area (Å²) in [6.07, 6.45) is 4.74. The summed E-state index contributed by atoms with van der Waals surface area (Å²) >= 11 is 0. The molecular formula is C13H21N5O. The van der Waals surface area contributed by atoms with E-state index in [1.807, 2.05) is 6.07 Å². The van der Waals surface area contributed by atoms with Gasteiger partial charge in [0.15, 0.2) is 5.96 Å². The smallest absolute Gasteiger partial charge is 0.324 e. The minimum atomic E-state index is -0.353. The third-order valence-corrected chi connectivity index (χ3v) is 2.64. The summed E-state index contributed by atoms with van der Waals surface area (Å²) in [4.78, 5) is 17.2. The molecule has 0 spiro atoms. The van der Waals surface area contributed by atoms with E-state index >= 15 is 0 Å². The molecule has 0 radical (unpaired) electrons. The van der Waals surface area contributed by atoms with E-state index in [0.717, 1.165) is 19.3 Å². The maximum Gasteiger partial charge on any atom is 0.324 e. The van der Waals surface area contributed by atoms with Gasteiger partial charge in [0, 0.05) is 12.7 Å². The van der Waals surface area contributed by atoms with Crippen molar-refractivity contribution in [1.82, 2.24) is 15.2 Å². The Morgan fingerprint density at radius 1 is 1.47 bits per heavy atom. The van der Waals surface area contributed by atoms with Crippen molar-refractivity contribution in [3.8, 4) is 0 Å². The van der Waals surface area contributed by atoms with Gasteiger partial charge in [0.1, 0.15) is 0 Å². The Hall–Kier alpha value is -2.11. The van der Waals surface area contributed by atoms with Crippen molar-refractivity contribution in [3.63, 3.8) is 0 Å². The summed E-state index contributed by atoms with van der Waals surface area (Å²) in [5.41, 5.74) is 6.13. The van der Waals surface area contributed by atoms with E-state index in [2.05, 4.69) is 17.2 Å². The van der Waals surface area contributed by atoms with Gasteiger partial charge in [-0.1, -0.05) is 25.8 Å². The number of nitrogens with one attached hydrogen (secondary N) is 2. The number of carbonyl (C=O) groups excluding carboxylic acids is 1. The molecule has 1 rings (SSSR count). The number of pyridine rings is 1. The van der Waals surface area contributed by atoms with Crippen LogP contribution >= 0.6 is 0 Å². The maximum atomic E-state index is 11.9. The van der Waals surface area contributed by atoms with Gasteiger partial charge >= 0.3 is 6.03 Å². The first-order valence-corrected chi connectivity index (χ1v) is 6.44. The van der Waals surface area contributed by atoms with Gasteiger partial charge in [-0.3, -0.25) is 15.3 Å². The molecule has 4 N–H and O–H groups in total. The number of carbonyl (C=O) groups is 1. The fraction of sp³-hybridized carbons (Fsp3) is 0.462. The second kappa shape index (κ2) is 8.07. The summed E-state index contributed by atoms with van der Waals surface area (Å²) in [5, 5.41) is 10.2. The van der Waals surface area contributed by atoms with Gasteiger partial charge in [-0.2, -0.15) is 0 Å². The fourth-order valence-electron chi connectivity index (χ4n) is 1.59. The standard InChI is InChI=1S/C13H21N5O/c1-2-3-5-9-17-13(19)18(12(14)15)10-11-7-4-6-8-16-11/h4,6-8H,2-3,5,9-10H2,1H3,(H3,14,15)(H,17,19). The molecule has 0 bridgehead atoms. The van der Waals surface area contributed by atoms with E-state index in [-0.39, 0.29) is 18.5 Å². The molecule has 6 heteroatoms. The summed E-state index contributed by atoms with van der Waals surface area (Å²) in [6.45, 7) is 2.90. The lowest BCUT2D eigenvalue weighted by molar-refractivity contribution is 0.218. The molecule has 0 aliphatic rings. The highest BCUT2D eigenvalue weighted by Gasteiger charge is 2.16. The van der Waals surface area contributed by atoms with Gasteiger partial charge in [0.25, 0.3) is 0 Å². The summed E-state index contributed by atoms with van der Waals surface area (Å²) in [5.74, 6) is -0.279. The van der Waals surface area contributed by atoms with Crippen LogP contribution in [0.5, 0.6) is 0 Å².